The van der Waals surface area contributed by atoms with Gasteiger partial charge < -0.3 is 10.8 Å². The van der Waals surface area contributed by atoms with Gasteiger partial charge in [-0.2, -0.15) is 0 Å². The van der Waals surface area contributed by atoms with E-state index < -0.39 is 0 Å². The Balaban J connectivity index is 2.26. The van der Waals surface area contributed by atoms with E-state index in [1.165, 1.54) is 25.7 Å². The summed E-state index contributed by atoms with van der Waals surface area (Å²) in [5.74, 6) is 1.72. The molecule has 1 aliphatic carbocycles. The molecule has 2 heteroatoms. The maximum atomic E-state index is 9.08. The molecule has 1 unspecified atom stereocenters. The Labute approximate surface area is 80.8 Å². The smallest absolute Gasteiger partial charge is 0.102 e. The first-order valence-electron chi connectivity index (χ1n) is 5.23. The maximum Gasteiger partial charge on any atom is 0.102 e. The highest BCUT2D eigenvalue weighted by Gasteiger charge is 2.20. The third-order valence-corrected chi connectivity index (χ3v) is 3.15. The van der Waals surface area contributed by atoms with E-state index in [0.29, 0.717) is 5.92 Å². The zero-order valence-electron chi connectivity index (χ0n) is 8.50. The maximum absolute atomic E-state index is 9.08. The van der Waals surface area contributed by atoms with E-state index in [2.05, 4.69) is 13.5 Å². The van der Waals surface area contributed by atoms with Crippen molar-refractivity contribution in [1.82, 2.24) is 0 Å². The molecule has 76 valence electrons. The second-order valence-electron chi connectivity index (χ2n) is 4.46. The van der Waals surface area contributed by atoms with Crippen molar-refractivity contribution in [3.05, 3.63) is 12.3 Å². The van der Waals surface area contributed by atoms with Crippen LogP contribution in [-0.4, -0.2) is 11.1 Å². The lowest BCUT2D eigenvalue weighted by Crippen LogP contribution is -2.27. The predicted molar refractivity (Wildman–Crippen MR) is 55.5 cm³/mol. The number of hydrogen-bond acceptors (Lipinski definition) is 2. The van der Waals surface area contributed by atoms with Gasteiger partial charge in [-0.1, -0.05) is 39.2 Å². The van der Waals surface area contributed by atoms with Crippen LogP contribution < -0.4 is 5.73 Å². The van der Waals surface area contributed by atoms with Crippen LogP contribution in [0.1, 0.15) is 39.0 Å². The Morgan fingerprint density at radius 1 is 1.46 bits per heavy atom. The van der Waals surface area contributed by atoms with Crippen molar-refractivity contribution in [2.75, 3.05) is 0 Å². The molecule has 0 aromatic heterocycles. The molecule has 1 rings (SSSR count). The Kier molecular flexibility index (Phi) is 3.79. The summed E-state index contributed by atoms with van der Waals surface area (Å²) in [6, 6.07) is -0.210. The fraction of sp³-hybridized carbons (Fsp3) is 0.818. The van der Waals surface area contributed by atoms with Crippen LogP contribution in [0.2, 0.25) is 0 Å². The third-order valence-electron chi connectivity index (χ3n) is 3.15. The molecule has 0 bridgehead atoms. The zero-order chi connectivity index (χ0) is 9.84. The van der Waals surface area contributed by atoms with Gasteiger partial charge in [0.1, 0.15) is 5.76 Å². The first-order chi connectivity index (χ1) is 6.09. The van der Waals surface area contributed by atoms with Crippen molar-refractivity contribution >= 4 is 0 Å². The van der Waals surface area contributed by atoms with E-state index in [-0.39, 0.29) is 11.8 Å². The average Bonchev–Trinajstić information content (AvgIpc) is 2.08. The fourth-order valence-electron chi connectivity index (χ4n) is 2.06. The van der Waals surface area contributed by atoms with Gasteiger partial charge in [0.2, 0.25) is 0 Å². The van der Waals surface area contributed by atoms with E-state index >= 15 is 0 Å². The minimum Gasteiger partial charge on any atom is -0.511 e. The summed E-state index contributed by atoms with van der Waals surface area (Å²) in [6.07, 6.45) is 6.07. The molecular formula is C11H21NO. The predicted octanol–water partition coefficient (Wildman–Crippen LogP) is 2.60. The lowest BCUT2D eigenvalue weighted by Gasteiger charge is -2.27. The van der Waals surface area contributed by atoms with E-state index in [1.54, 1.807) is 0 Å². The van der Waals surface area contributed by atoms with Crippen molar-refractivity contribution in [3.63, 3.8) is 0 Å². The van der Waals surface area contributed by atoms with Gasteiger partial charge in [-0.25, -0.2) is 0 Å². The highest BCUT2D eigenvalue weighted by Crippen LogP contribution is 2.31. The second kappa shape index (κ2) is 4.66. The fourth-order valence-corrected chi connectivity index (χ4v) is 2.06. The first-order valence-corrected chi connectivity index (χ1v) is 5.23. The zero-order valence-corrected chi connectivity index (χ0v) is 8.50. The van der Waals surface area contributed by atoms with Gasteiger partial charge >= 0.3 is 0 Å². The molecule has 0 amide bonds. The van der Waals surface area contributed by atoms with Crippen LogP contribution in [0, 0.1) is 11.8 Å². The van der Waals surface area contributed by atoms with Crippen molar-refractivity contribution in [2.24, 2.45) is 17.6 Å². The molecule has 0 spiro atoms. The molecule has 0 aromatic rings. The Morgan fingerprint density at radius 3 is 2.46 bits per heavy atom. The highest BCUT2D eigenvalue weighted by molar-refractivity contribution is 4.93. The number of nitrogens with two attached hydrogens (primary N) is 1. The van der Waals surface area contributed by atoms with E-state index in [1.807, 2.05) is 0 Å². The molecule has 13 heavy (non-hydrogen) atoms. The summed E-state index contributed by atoms with van der Waals surface area (Å²) < 4.78 is 0. The van der Waals surface area contributed by atoms with Crippen molar-refractivity contribution in [2.45, 2.75) is 45.1 Å². The lowest BCUT2D eigenvalue weighted by atomic mass is 9.80. The summed E-state index contributed by atoms with van der Waals surface area (Å²) in [5, 5.41) is 9.08. The Bertz CT molecular complexity index is 171. The quantitative estimate of drug-likeness (QED) is 0.661. The molecule has 0 heterocycles. The molecule has 1 fully saturated rings. The number of aliphatic hydroxyl groups is 1. The highest BCUT2D eigenvalue weighted by atomic mass is 16.3. The summed E-state index contributed by atoms with van der Waals surface area (Å²) in [4.78, 5) is 0. The van der Waals surface area contributed by atoms with Gasteiger partial charge in [0.05, 0.1) is 6.04 Å². The van der Waals surface area contributed by atoms with Gasteiger partial charge in [0, 0.05) is 0 Å². The number of aliphatic hydroxyl groups excluding tert-OH is 1. The standard InChI is InChI=1S/C11H21NO/c1-8-3-5-10(6-4-8)7-11(12)9(2)13/h8,10-11,13H,2-7,12H2,1H3. The number of rotatable bonds is 3. The van der Waals surface area contributed by atoms with E-state index in [4.69, 9.17) is 10.8 Å². The first kappa shape index (κ1) is 10.6. The SMILES string of the molecule is C=C(O)C(N)CC1CCC(C)CC1. The molecule has 1 saturated carbocycles. The summed E-state index contributed by atoms with van der Waals surface area (Å²) in [5.41, 5.74) is 5.73. The molecule has 1 aliphatic rings. The number of hydrogen-bond donors (Lipinski definition) is 2. The molecule has 1 atom stereocenters. The molecule has 0 aliphatic heterocycles. The topological polar surface area (TPSA) is 46.2 Å². The van der Waals surface area contributed by atoms with E-state index in [0.717, 1.165) is 12.3 Å². The molecule has 0 aromatic carbocycles. The van der Waals surface area contributed by atoms with Crippen LogP contribution in [0.3, 0.4) is 0 Å². The van der Waals surface area contributed by atoms with Crippen LogP contribution in [0.25, 0.3) is 0 Å². The van der Waals surface area contributed by atoms with Gasteiger partial charge in [-0.05, 0) is 18.3 Å². The minimum absolute atomic E-state index is 0.138. The van der Waals surface area contributed by atoms with Gasteiger partial charge in [0.25, 0.3) is 0 Å². The van der Waals surface area contributed by atoms with Crippen LogP contribution in [0.4, 0.5) is 0 Å². The van der Waals surface area contributed by atoms with Gasteiger partial charge in [-0.15, -0.1) is 0 Å². The Hall–Kier alpha value is -0.500. The molecule has 2 nitrogen and oxygen atoms in total. The van der Waals surface area contributed by atoms with E-state index in [9.17, 15) is 0 Å². The van der Waals surface area contributed by atoms with Crippen LogP contribution in [0.15, 0.2) is 12.3 Å². The molecular weight excluding hydrogens is 162 g/mol. The summed E-state index contributed by atoms with van der Waals surface area (Å²) >= 11 is 0. The normalized spacial score (nSPS) is 31.2. The van der Waals surface area contributed by atoms with Crippen LogP contribution in [-0.2, 0) is 0 Å². The van der Waals surface area contributed by atoms with Gasteiger partial charge in [-0.3, -0.25) is 0 Å². The lowest BCUT2D eigenvalue weighted by molar-refractivity contribution is 0.253. The monoisotopic (exact) mass is 183 g/mol. The van der Waals surface area contributed by atoms with Crippen LogP contribution in [0.5, 0.6) is 0 Å². The average molecular weight is 183 g/mol. The molecule has 0 saturated heterocycles. The summed E-state index contributed by atoms with van der Waals surface area (Å²) in [7, 11) is 0. The van der Waals surface area contributed by atoms with Crippen molar-refractivity contribution in [1.29, 1.82) is 0 Å². The van der Waals surface area contributed by atoms with Crippen LogP contribution >= 0.6 is 0 Å². The minimum atomic E-state index is -0.210. The molecule has 3 N–H and O–H groups in total. The van der Waals surface area contributed by atoms with Gasteiger partial charge in [0.15, 0.2) is 0 Å². The Morgan fingerprint density at radius 2 is 2.00 bits per heavy atom. The summed E-state index contributed by atoms with van der Waals surface area (Å²) in [6.45, 7) is 5.77. The largest absolute Gasteiger partial charge is 0.511 e. The van der Waals surface area contributed by atoms with Crippen molar-refractivity contribution < 1.29 is 5.11 Å². The second-order valence-corrected chi connectivity index (χ2v) is 4.46. The third kappa shape index (κ3) is 3.39. The van der Waals surface area contributed by atoms with Crippen molar-refractivity contribution in [3.8, 4) is 0 Å². The molecule has 0 radical (unpaired) electrons.